The van der Waals surface area contributed by atoms with Crippen molar-refractivity contribution in [1.29, 1.82) is 0 Å². The molecule has 1 N–H and O–H groups in total. The average molecular weight is 203 g/mol. The Kier molecular flexibility index (Phi) is 2.78. The molecule has 1 aromatic heterocycles. The van der Waals surface area contributed by atoms with Crippen LogP contribution in [-0.4, -0.2) is 19.9 Å². The number of benzene rings is 1. The topological polar surface area (TPSA) is 50.9 Å². The van der Waals surface area contributed by atoms with Gasteiger partial charge in [-0.1, -0.05) is 30.3 Å². The zero-order valence-electron chi connectivity index (χ0n) is 8.59. The quantitative estimate of drug-likeness (QED) is 0.806. The van der Waals surface area contributed by atoms with Gasteiger partial charge < -0.3 is 9.67 Å². The molecule has 1 aromatic carbocycles. The Morgan fingerprint density at radius 2 is 1.80 bits per heavy atom. The van der Waals surface area contributed by atoms with Crippen LogP contribution in [0.1, 0.15) is 17.2 Å². The molecule has 0 aliphatic rings. The summed E-state index contributed by atoms with van der Waals surface area (Å²) in [6.45, 7) is -0.0711. The van der Waals surface area contributed by atoms with Crippen LogP contribution in [-0.2, 0) is 20.1 Å². The van der Waals surface area contributed by atoms with Gasteiger partial charge in [-0.05, 0) is 5.56 Å². The van der Waals surface area contributed by atoms with E-state index in [1.807, 2.05) is 41.9 Å². The molecule has 0 aliphatic carbocycles. The molecule has 2 aromatic rings. The smallest absolute Gasteiger partial charge is 0.158 e. The highest BCUT2D eigenvalue weighted by Crippen LogP contribution is 2.07. The largest absolute Gasteiger partial charge is 0.388 e. The van der Waals surface area contributed by atoms with Gasteiger partial charge in [0.15, 0.2) is 5.82 Å². The summed E-state index contributed by atoms with van der Waals surface area (Å²) >= 11 is 0. The summed E-state index contributed by atoms with van der Waals surface area (Å²) in [5.74, 6) is 1.46. The lowest BCUT2D eigenvalue weighted by atomic mass is 10.1. The highest BCUT2D eigenvalue weighted by molar-refractivity contribution is 5.19. The van der Waals surface area contributed by atoms with Crippen molar-refractivity contribution < 1.29 is 5.11 Å². The standard InChI is InChI=1S/C11H13N3O/c1-14-10(12-13-11(14)8-15)7-9-5-3-2-4-6-9/h2-6,15H,7-8H2,1H3. The van der Waals surface area contributed by atoms with E-state index < -0.39 is 0 Å². The zero-order chi connectivity index (χ0) is 10.7. The van der Waals surface area contributed by atoms with Crippen LogP contribution < -0.4 is 0 Å². The normalized spacial score (nSPS) is 10.5. The minimum atomic E-state index is -0.0711. The van der Waals surface area contributed by atoms with Crippen molar-refractivity contribution in [3.8, 4) is 0 Å². The maximum absolute atomic E-state index is 8.97. The van der Waals surface area contributed by atoms with Crippen molar-refractivity contribution in [2.45, 2.75) is 13.0 Å². The van der Waals surface area contributed by atoms with Gasteiger partial charge in [-0.25, -0.2) is 0 Å². The molecule has 0 bridgehead atoms. The molecule has 0 fully saturated rings. The maximum atomic E-state index is 8.97. The Morgan fingerprint density at radius 3 is 2.40 bits per heavy atom. The monoisotopic (exact) mass is 203 g/mol. The molecular weight excluding hydrogens is 190 g/mol. The van der Waals surface area contributed by atoms with Crippen molar-refractivity contribution >= 4 is 0 Å². The van der Waals surface area contributed by atoms with Crippen LogP contribution in [0.2, 0.25) is 0 Å². The number of nitrogens with zero attached hydrogens (tertiary/aromatic N) is 3. The Morgan fingerprint density at radius 1 is 1.13 bits per heavy atom. The van der Waals surface area contributed by atoms with Gasteiger partial charge in [0.05, 0.1) is 0 Å². The molecule has 0 saturated heterocycles. The van der Waals surface area contributed by atoms with Crippen molar-refractivity contribution in [3.63, 3.8) is 0 Å². The molecule has 78 valence electrons. The van der Waals surface area contributed by atoms with E-state index in [0.29, 0.717) is 5.82 Å². The molecule has 0 amide bonds. The van der Waals surface area contributed by atoms with Crippen LogP contribution in [0.4, 0.5) is 0 Å². The number of hydrogen-bond donors (Lipinski definition) is 1. The van der Waals surface area contributed by atoms with E-state index in [-0.39, 0.29) is 6.61 Å². The number of rotatable bonds is 3. The van der Waals surface area contributed by atoms with Crippen LogP contribution in [0.15, 0.2) is 30.3 Å². The Bertz CT molecular complexity index is 436. The molecule has 4 nitrogen and oxygen atoms in total. The van der Waals surface area contributed by atoms with Crippen molar-refractivity contribution in [2.75, 3.05) is 0 Å². The molecule has 2 rings (SSSR count). The van der Waals surface area contributed by atoms with Crippen LogP contribution in [0, 0.1) is 0 Å². The van der Waals surface area contributed by atoms with Gasteiger partial charge in [-0.2, -0.15) is 0 Å². The fraction of sp³-hybridized carbons (Fsp3) is 0.273. The van der Waals surface area contributed by atoms with Crippen LogP contribution in [0.25, 0.3) is 0 Å². The van der Waals surface area contributed by atoms with E-state index in [0.717, 1.165) is 12.2 Å². The molecule has 0 spiro atoms. The minimum Gasteiger partial charge on any atom is -0.388 e. The number of aromatic nitrogens is 3. The molecule has 1 heterocycles. The lowest BCUT2D eigenvalue weighted by Gasteiger charge is -2.02. The van der Waals surface area contributed by atoms with E-state index in [1.54, 1.807) is 0 Å². The molecule has 0 atom stereocenters. The summed E-state index contributed by atoms with van der Waals surface area (Å²) in [6.07, 6.45) is 0.740. The molecule has 0 saturated carbocycles. The lowest BCUT2D eigenvalue weighted by Crippen LogP contribution is -2.02. The van der Waals surface area contributed by atoms with Crippen molar-refractivity contribution in [3.05, 3.63) is 47.5 Å². The summed E-state index contributed by atoms with van der Waals surface area (Å²) in [6, 6.07) is 10.1. The van der Waals surface area contributed by atoms with Gasteiger partial charge in [0.25, 0.3) is 0 Å². The number of aliphatic hydroxyl groups excluding tert-OH is 1. The summed E-state index contributed by atoms with van der Waals surface area (Å²) < 4.78 is 1.83. The average Bonchev–Trinajstić information content (AvgIpc) is 2.62. The summed E-state index contributed by atoms with van der Waals surface area (Å²) in [5.41, 5.74) is 1.19. The van der Waals surface area contributed by atoms with E-state index in [4.69, 9.17) is 5.11 Å². The molecule has 0 aliphatic heterocycles. The zero-order valence-corrected chi connectivity index (χ0v) is 8.59. The van der Waals surface area contributed by atoms with Gasteiger partial charge in [0, 0.05) is 13.5 Å². The second-order valence-electron chi connectivity index (χ2n) is 3.41. The van der Waals surface area contributed by atoms with Crippen molar-refractivity contribution in [1.82, 2.24) is 14.8 Å². The van der Waals surface area contributed by atoms with Gasteiger partial charge in [0.1, 0.15) is 12.4 Å². The van der Waals surface area contributed by atoms with Gasteiger partial charge in [0.2, 0.25) is 0 Å². The Balaban J connectivity index is 2.21. The highest BCUT2D eigenvalue weighted by Gasteiger charge is 2.07. The predicted octanol–water partition coefficient (Wildman–Crippen LogP) is 0.898. The Hall–Kier alpha value is -1.68. The summed E-state index contributed by atoms with van der Waals surface area (Å²) in [4.78, 5) is 0. The third-order valence-electron chi connectivity index (χ3n) is 2.40. The number of aliphatic hydroxyl groups is 1. The highest BCUT2D eigenvalue weighted by atomic mass is 16.3. The van der Waals surface area contributed by atoms with Gasteiger partial charge >= 0.3 is 0 Å². The summed E-state index contributed by atoms with van der Waals surface area (Å²) in [5, 5.41) is 16.9. The lowest BCUT2D eigenvalue weighted by molar-refractivity contribution is 0.266. The third kappa shape index (κ3) is 2.05. The molecule has 15 heavy (non-hydrogen) atoms. The first-order chi connectivity index (χ1) is 7.31. The maximum Gasteiger partial charge on any atom is 0.158 e. The Labute approximate surface area is 88.2 Å². The van der Waals surface area contributed by atoms with Crippen LogP contribution in [0.3, 0.4) is 0 Å². The first-order valence-corrected chi connectivity index (χ1v) is 4.83. The second-order valence-corrected chi connectivity index (χ2v) is 3.41. The molecular formula is C11H13N3O. The van der Waals surface area contributed by atoms with Crippen molar-refractivity contribution in [2.24, 2.45) is 7.05 Å². The number of hydrogen-bond acceptors (Lipinski definition) is 3. The second kappa shape index (κ2) is 4.23. The van der Waals surface area contributed by atoms with Gasteiger partial charge in [-0.15, -0.1) is 10.2 Å². The van der Waals surface area contributed by atoms with E-state index in [2.05, 4.69) is 10.2 Å². The van der Waals surface area contributed by atoms with Crippen LogP contribution >= 0.6 is 0 Å². The first kappa shape index (κ1) is 9.86. The molecule has 0 radical (unpaired) electrons. The van der Waals surface area contributed by atoms with E-state index in [1.165, 1.54) is 5.56 Å². The minimum absolute atomic E-state index is 0.0711. The van der Waals surface area contributed by atoms with E-state index >= 15 is 0 Å². The molecule has 4 heteroatoms. The van der Waals surface area contributed by atoms with Gasteiger partial charge in [-0.3, -0.25) is 0 Å². The first-order valence-electron chi connectivity index (χ1n) is 4.83. The predicted molar refractivity (Wildman–Crippen MR) is 56.2 cm³/mol. The van der Waals surface area contributed by atoms with E-state index in [9.17, 15) is 0 Å². The van der Waals surface area contributed by atoms with Crippen LogP contribution in [0.5, 0.6) is 0 Å². The third-order valence-corrected chi connectivity index (χ3v) is 2.40. The fourth-order valence-corrected chi connectivity index (χ4v) is 1.47. The SMILES string of the molecule is Cn1c(CO)nnc1Cc1ccccc1. The summed E-state index contributed by atoms with van der Waals surface area (Å²) in [7, 11) is 1.86. The fourth-order valence-electron chi connectivity index (χ4n) is 1.47. The molecule has 0 unspecified atom stereocenters.